The van der Waals surface area contributed by atoms with Gasteiger partial charge in [-0.3, -0.25) is 0 Å². The van der Waals surface area contributed by atoms with Gasteiger partial charge in [-0.1, -0.05) is 44.2 Å². The highest BCUT2D eigenvalue weighted by Gasteiger charge is 2.06. The van der Waals surface area contributed by atoms with E-state index in [2.05, 4.69) is 32.9 Å². The van der Waals surface area contributed by atoms with E-state index in [-0.39, 0.29) is 0 Å². The Morgan fingerprint density at radius 2 is 1.69 bits per heavy atom. The maximum atomic E-state index is 5.69. The molecule has 0 amide bonds. The number of rotatable bonds is 4. The van der Waals surface area contributed by atoms with Crippen LogP contribution in [0, 0.1) is 5.92 Å². The van der Waals surface area contributed by atoms with Crippen LogP contribution in [0.15, 0.2) is 30.3 Å². The maximum absolute atomic E-state index is 5.69. The molecule has 0 spiro atoms. The highest BCUT2D eigenvalue weighted by molar-refractivity contribution is 5.13. The van der Waals surface area contributed by atoms with E-state index in [1.165, 1.54) is 5.56 Å². The lowest BCUT2D eigenvalue weighted by Crippen LogP contribution is -2.14. The highest BCUT2D eigenvalue weighted by atomic mass is 16.5. The second kappa shape index (κ2) is 5.03. The molecule has 72 valence electrons. The van der Waals surface area contributed by atoms with Gasteiger partial charge < -0.3 is 4.74 Å². The zero-order valence-electron chi connectivity index (χ0n) is 8.66. The first-order valence-electron chi connectivity index (χ1n) is 4.85. The molecule has 0 aliphatic carbocycles. The van der Waals surface area contributed by atoms with Crippen molar-refractivity contribution in [1.29, 1.82) is 0 Å². The van der Waals surface area contributed by atoms with E-state index in [9.17, 15) is 0 Å². The molecule has 0 aromatic heterocycles. The van der Waals surface area contributed by atoms with Crippen molar-refractivity contribution in [3.8, 4) is 0 Å². The van der Waals surface area contributed by atoms with Gasteiger partial charge in [0, 0.05) is 0 Å². The van der Waals surface area contributed by atoms with Gasteiger partial charge in [-0.15, -0.1) is 0 Å². The minimum Gasteiger partial charge on any atom is -0.374 e. The Labute approximate surface area is 80.7 Å². The summed E-state index contributed by atoms with van der Waals surface area (Å²) in [5, 5.41) is 0. The molecule has 0 N–H and O–H groups in total. The zero-order valence-corrected chi connectivity index (χ0v) is 8.66. The fraction of sp³-hybridized carbons (Fsp3) is 0.500. The van der Waals surface area contributed by atoms with Gasteiger partial charge in [-0.2, -0.15) is 0 Å². The van der Waals surface area contributed by atoms with Crippen molar-refractivity contribution in [2.24, 2.45) is 5.92 Å². The normalized spacial score (nSPS) is 13.2. The Morgan fingerprint density at radius 1 is 1.08 bits per heavy atom. The Hall–Kier alpha value is -0.820. The van der Waals surface area contributed by atoms with Crippen molar-refractivity contribution in [3.05, 3.63) is 35.9 Å². The molecule has 1 nitrogen and oxygen atoms in total. The van der Waals surface area contributed by atoms with Crippen molar-refractivity contribution >= 4 is 0 Å². The molecule has 0 saturated carbocycles. The molecule has 0 bridgehead atoms. The van der Waals surface area contributed by atoms with Crippen LogP contribution in [0.2, 0.25) is 0 Å². The summed E-state index contributed by atoms with van der Waals surface area (Å²) in [4.78, 5) is 0. The molecular weight excluding hydrogens is 160 g/mol. The van der Waals surface area contributed by atoms with Crippen molar-refractivity contribution in [1.82, 2.24) is 0 Å². The predicted molar refractivity (Wildman–Crippen MR) is 55.5 cm³/mol. The van der Waals surface area contributed by atoms with Crippen molar-refractivity contribution in [2.45, 2.75) is 33.5 Å². The van der Waals surface area contributed by atoms with Gasteiger partial charge in [0.1, 0.15) is 0 Å². The number of benzene rings is 1. The summed E-state index contributed by atoms with van der Waals surface area (Å²) in [5.74, 6) is 0.587. The van der Waals surface area contributed by atoms with Crippen LogP contribution in [0.5, 0.6) is 0 Å². The molecule has 0 heterocycles. The summed E-state index contributed by atoms with van der Waals surface area (Å²) in [6.45, 7) is 7.19. The minimum absolute atomic E-state index is 0.334. The van der Waals surface area contributed by atoms with Crippen LogP contribution >= 0.6 is 0 Å². The van der Waals surface area contributed by atoms with Gasteiger partial charge in [0.25, 0.3) is 0 Å². The number of hydrogen-bond donors (Lipinski definition) is 0. The fourth-order valence-electron chi connectivity index (χ4n) is 0.994. The molecule has 0 saturated heterocycles. The Bertz CT molecular complexity index is 228. The van der Waals surface area contributed by atoms with Crippen LogP contribution in [0.25, 0.3) is 0 Å². The average molecular weight is 178 g/mol. The molecule has 0 fully saturated rings. The summed E-state index contributed by atoms with van der Waals surface area (Å²) in [6, 6.07) is 10.3. The van der Waals surface area contributed by atoms with E-state index < -0.39 is 0 Å². The topological polar surface area (TPSA) is 9.23 Å². The largest absolute Gasteiger partial charge is 0.374 e. The lowest BCUT2D eigenvalue weighted by Gasteiger charge is -2.16. The third-order valence-corrected chi connectivity index (χ3v) is 2.29. The van der Waals surface area contributed by atoms with E-state index in [0.717, 1.165) is 6.61 Å². The van der Waals surface area contributed by atoms with Gasteiger partial charge in [0.15, 0.2) is 0 Å². The minimum atomic E-state index is 0.334. The van der Waals surface area contributed by atoms with Crippen LogP contribution in [-0.4, -0.2) is 6.10 Å². The van der Waals surface area contributed by atoms with Crippen LogP contribution < -0.4 is 0 Å². The van der Waals surface area contributed by atoms with E-state index in [4.69, 9.17) is 4.74 Å². The van der Waals surface area contributed by atoms with E-state index in [1.54, 1.807) is 0 Å². The van der Waals surface area contributed by atoms with Gasteiger partial charge >= 0.3 is 0 Å². The summed E-state index contributed by atoms with van der Waals surface area (Å²) in [5.41, 5.74) is 1.25. The standard InChI is InChI=1S/C12H18O/c1-10(2)11(3)13-9-12-7-5-4-6-8-12/h4-8,10-11H,9H2,1-3H3/t11-/m1/s1. The third-order valence-electron chi connectivity index (χ3n) is 2.29. The van der Waals surface area contributed by atoms with Crippen LogP contribution in [-0.2, 0) is 11.3 Å². The molecule has 0 aliphatic heterocycles. The third kappa shape index (κ3) is 3.60. The van der Waals surface area contributed by atoms with E-state index in [1.807, 2.05) is 18.2 Å². The van der Waals surface area contributed by atoms with Crippen LogP contribution in [0.1, 0.15) is 26.3 Å². The molecule has 0 unspecified atom stereocenters. The second-order valence-corrected chi connectivity index (χ2v) is 3.75. The van der Waals surface area contributed by atoms with Crippen LogP contribution in [0.3, 0.4) is 0 Å². The predicted octanol–water partition coefficient (Wildman–Crippen LogP) is 3.25. The quantitative estimate of drug-likeness (QED) is 0.687. The molecule has 13 heavy (non-hydrogen) atoms. The first-order chi connectivity index (χ1) is 6.20. The second-order valence-electron chi connectivity index (χ2n) is 3.75. The molecule has 0 aliphatic rings. The summed E-state index contributed by atoms with van der Waals surface area (Å²) in [7, 11) is 0. The van der Waals surface area contributed by atoms with Crippen molar-refractivity contribution in [2.75, 3.05) is 0 Å². The molecule has 1 aromatic rings. The molecule has 1 rings (SSSR count). The lowest BCUT2D eigenvalue weighted by atomic mass is 10.1. The van der Waals surface area contributed by atoms with Crippen LogP contribution in [0.4, 0.5) is 0 Å². The number of ether oxygens (including phenoxy) is 1. The zero-order chi connectivity index (χ0) is 9.68. The highest BCUT2D eigenvalue weighted by Crippen LogP contribution is 2.09. The van der Waals surface area contributed by atoms with Gasteiger partial charge in [0.05, 0.1) is 12.7 Å². The monoisotopic (exact) mass is 178 g/mol. The first kappa shape index (κ1) is 10.3. The molecular formula is C12H18O. The average Bonchev–Trinajstić information content (AvgIpc) is 2.15. The molecule has 1 aromatic carbocycles. The first-order valence-corrected chi connectivity index (χ1v) is 4.85. The Morgan fingerprint density at radius 3 is 2.23 bits per heavy atom. The smallest absolute Gasteiger partial charge is 0.0720 e. The lowest BCUT2D eigenvalue weighted by molar-refractivity contribution is 0.0235. The summed E-state index contributed by atoms with van der Waals surface area (Å²) >= 11 is 0. The Kier molecular flexibility index (Phi) is 3.97. The maximum Gasteiger partial charge on any atom is 0.0720 e. The van der Waals surface area contributed by atoms with E-state index in [0.29, 0.717) is 12.0 Å². The van der Waals surface area contributed by atoms with Gasteiger partial charge in [-0.05, 0) is 18.4 Å². The Balaban J connectivity index is 2.35. The number of hydrogen-bond acceptors (Lipinski definition) is 1. The van der Waals surface area contributed by atoms with Gasteiger partial charge in [0.2, 0.25) is 0 Å². The van der Waals surface area contributed by atoms with Crippen molar-refractivity contribution in [3.63, 3.8) is 0 Å². The molecule has 0 radical (unpaired) electrons. The summed E-state index contributed by atoms with van der Waals surface area (Å²) < 4.78 is 5.69. The SMILES string of the molecule is CC(C)[C@@H](C)OCc1ccccc1. The van der Waals surface area contributed by atoms with E-state index >= 15 is 0 Å². The van der Waals surface area contributed by atoms with Crippen molar-refractivity contribution < 1.29 is 4.74 Å². The molecule has 1 atom stereocenters. The summed E-state index contributed by atoms with van der Waals surface area (Å²) in [6.07, 6.45) is 0.334. The van der Waals surface area contributed by atoms with Gasteiger partial charge in [-0.25, -0.2) is 0 Å². The fourth-order valence-corrected chi connectivity index (χ4v) is 0.994. The molecule has 1 heteroatoms.